The van der Waals surface area contributed by atoms with Crippen LogP contribution >= 0.6 is 0 Å². The zero-order chi connectivity index (χ0) is 13.1. The first kappa shape index (κ1) is 14.4. The average molecular weight is 265 g/mol. The van der Waals surface area contributed by atoms with Gasteiger partial charge in [0.05, 0.1) is 0 Å². The maximum Gasteiger partial charge on any atom is 0.177 e. The Bertz CT molecular complexity index is 374. The molecule has 3 heteroatoms. The van der Waals surface area contributed by atoms with E-state index in [9.17, 15) is 0 Å². The molecule has 0 bridgehead atoms. The number of hydrogen-bond donors (Lipinski definition) is 0. The van der Waals surface area contributed by atoms with Gasteiger partial charge in [-0.15, -0.1) is 0 Å². The van der Waals surface area contributed by atoms with Crippen LogP contribution in [0.4, 0.5) is 0 Å². The van der Waals surface area contributed by atoms with E-state index in [4.69, 9.17) is 4.12 Å². The molecule has 0 aliphatic carbocycles. The molecular formula is C14H24OSi2. The zero-order valence-corrected chi connectivity index (χ0v) is 13.7. The summed E-state index contributed by atoms with van der Waals surface area (Å²) < 4.78 is 6.34. The molecule has 0 N–H and O–H groups in total. The molecule has 0 saturated carbocycles. The third kappa shape index (κ3) is 5.48. The highest BCUT2D eigenvalue weighted by molar-refractivity contribution is 6.83. The Morgan fingerprint density at radius 1 is 1.06 bits per heavy atom. The van der Waals surface area contributed by atoms with Gasteiger partial charge < -0.3 is 4.12 Å². The predicted octanol–water partition coefficient (Wildman–Crippen LogP) is 4.47. The van der Waals surface area contributed by atoms with Gasteiger partial charge in [0, 0.05) is 0 Å². The van der Waals surface area contributed by atoms with E-state index in [-0.39, 0.29) is 0 Å². The monoisotopic (exact) mass is 264 g/mol. The van der Waals surface area contributed by atoms with Crippen molar-refractivity contribution >= 4 is 22.7 Å². The maximum absolute atomic E-state index is 6.34. The van der Waals surface area contributed by atoms with Crippen molar-refractivity contribution in [3.63, 3.8) is 0 Å². The number of benzene rings is 1. The highest BCUT2D eigenvalue weighted by Crippen LogP contribution is 2.19. The summed E-state index contributed by atoms with van der Waals surface area (Å²) in [6, 6.07) is 9.73. The van der Waals surface area contributed by atoms with E-state index in [2.05, 4.69) is 63.6 Å². The first-order valence-corrected chi connectivity index (χ1v) is 12.7. The molecule has 1 nitrogen and oxygen atoms in total. The number of rotatable bonds is 5. The van der Waals surface area contributed by atoms with Gasteiger partial charge in [0.1, 0.15) is 0 Å². The molecule has 0 saturated heterocycles. The highest BCUT2D eigenvalue weighted by Gasteiger charge is 2.29. The Morgan fingerprint density at radius 2 is 1.59 bits per heavy atom. The summed E-state index contributed by atoms with van der Waals surface area (Å²) in [5.41, 5.74) is 2.56. The third-order valence-electron chi connectivity index (χ3n) is 2.43. The molecule has 17 heavy (non-hydrogen) atoms. The minimum atomic E-state index is -1.57. The van der Waals surface area contributed by atoms with E-state index in [0.717, 1.165) is 6.04 Å². The molecule has 1 aromatic carbocycles. The van der Waals surface area contributed by atoms with Crippen LogP contribution in [0.3, 0.4) is 0 Å². The molecule has 0 spiro atoms. The Morgan fingerprint density at radius 3 is 2.00 bits per heavy atom. The SMILES string of the molecule is C=Cc1ccc(C[Si](C)(C)O[Si](C)(C)C)cc1. The quantitative estimate of drug-likeness (QED) is 0.713. The summed E-state index contributed by atoms with van der Waals surface area (Å²) in [5, 5.41) is 0. The van der Waals surface area contributed by atoms with E-state index in [1.807, 2.05) is 6.08 Å². The fourth-order valence-electron chi connectivity index (χ4n) is 2.13. The van der Waals surface area contributed by atoms with E-state index < -0.39 is 16.6 Å². The van der Waals surface area contributed by atoms with Crippen LogP contribution in [0.2, 0.25) is 32.7 Å². The van der Waals surface area contributed by atoms with Crippen molar-refractivity contribution in [1.29, 1.82) is 0 Å². The van der Waals surface area contributed by atoms with Gasteiger partial charge in [-0.1, -0.05) is 36.9 Å². The van der Waals surface area contributed by atoms with E-state index in [1.54, 1.807) is 0 Å². The molecule has 0 fully saturated rings. The maximum atomic E-state index is 6.34. The summed E-state index contributed by atoms with van der Waals surface area (Å²) >= 11 is 0. The lowest BCUT2D eigenvalue weighted by molar-refractivity contribution is 0.548. The topological polar surface area (TPSA) is 9.23 Å². The van der Waals surface area contributed by atoms with Crippen LogP contribution in [-0.2, 0) is 10.2 Å². The minimum absolute atomic E-state index is 1.09. The first-order chi connectivity index (χ1) is 7.72. The van der Waals surface area contributed by atoms with Crippen molar-refractivity contribution in [2.75, 3.05) is 0 Å². The Hall–Kier alpha value is -0.646. The van der Waals surface area contributed by atoms with Gasteiger partial charge in [-0.05, 0) is 49.9 Å². The molecule has 0 aliphatic rings. The van der Waals surface area contributed by atoms with Gasteiger partial charge in [0.25, 0.3) is 0 Å². The fraction of sp³-hybridized carbons (Fsp3) is 0.429. The van der Waals surface area contributed by atoms with Crippen LogP contribution in [0, 0.1) is 0 Å². The Kier molecular flexibility index (Phi) is 4.52. The minimum Gasteiger partial charge on any atom is -0.455 e. The van der Waals surface area contributed by atoms with Crippen LogP contribution in [0.1, 0.15) is 11.1 Å². The standard InChI is InChI=1S/C14H24OSi2/c1-7-13-8-10-14(11-9-13)12-17(5,6)15-16(2,3)4/h7-11H,1,12H2,2-6H3. The molecule has 1 rings (SSSR count). The van der Waals surface area contributed by atoms with Gasteiger partial charge in [0.15, 0.2) is 16.6 Å². The Labute approximate surface area is 108 Å². The van der Waals surface area contributed by atoms with Gasteiger partial charge in [-0.25, -0.2) is 0 Å². The van der Waals surface area contributed by atoms with Crippen molar-refractivity contribution in [3.05, 3.63) is 42.0 Å². The summed E-state index contributed by atoms with van der Waals surface area (Å²) in [4.78, 5) is 0. The lowest BCUT2D eigenvalue weighted by Gasteiger charge is -2.31. The van der Waals surface area contributed by atoms with E-state index >= 15 is 0 Å². The van der Waals surface area contributed by atoms with Crippen LogP contribution < -0.4 is 0 Å². The summed E-state index contributed by atoms with van der Waals surface area (Å²) in [6.07, 6.45) is 1.88. The van der Waals surface area contributed by atoms with Crippen molar-refractivity contribution in [1.82, 2.24) is 0 Å². The zero-order valence-electron chi connectivity index (χ0n) is 11.7. The smallest absolute Gasteiger partial charge is 0.177 e. The fourth-order valence-corrected chi connectivity index (χ4v) is 10.3. The van der Waals surface area contributed by atoms with Crippen molar-refractivity contribution < 1.29 is 4.12 Å². The third-order valence-corrected chi connectivity index (χ3v) is 8.35. The molecule has 1 aromatic rings. The van der Waals surface area contributed by atoms with Crippen LogP contribution in [-0.4, -0.2) is 16.6 Å². The van der Waals surface area contributed by atoms with Crippen molar-refractivity contribution in [2.24, 2.45) is 0 Å². The molecule has 0 radical (unpaired) electrons. The molecular weight excluding hydrogens is 240 g/mol. The van der Waals surface area contributed by atoms with E-state index in [0.29, 0.717) is 0 Å². The first-order valence-electron chi connectivity index (χ1n) is 6.13. The lowest BCUT2D eigenvalue weighted by Crippen LogP contribution is -2.44. The molecule has 0 atom stereocenters. The molecule has 0 amide bonds. The molecule has 0 heterocycles. The molecule has 0 aromatic heterocycles. The summed E-state index contributed by atoms with van der Waals surface area (Å²) in [5.74, 6) is 0. The van der Waals surface area contributed by atoms with Crippen molar-refractivity contribution in [3.8, 4) is 0 Å². The second-order valence-corrected chi connectivity index (χ2v) is 15.0. The summed E-state index contributed by atoms with van der Waals surface area (Å²) in [6.45, 7) is 15.2. The van der Waals surface area contributed by atoms with Gasteiger partial charge in [-0.3, -0.25) is 0 Å². The van der Waals surface area contributed by atoms with Crippen LogP contribution in [0.25, 0.3) is 6.08 Å². The molecule has 0 unspecified atom stereocenters. The predicted molar refractivity (Wildman–Crippen MR) is 82.2 cm³/mol. The van der Waals surface area contributed by atoms with Gasteiger partial charge >= 0.3 is 0 Å². The summed E-state index contributed by atoms with van der Waals surface area (Å²) in [7, 11) is -2.99. The second kappa shape index (κ2) is 5.33. The van der Waals surface area contributed by atoms with Crippen LogP contribution in [0.5, 0.6) is 0 Å². The highest BCUT2D eigenvalue weighted by atomic mass is 28.4. The van der Waals surface area contributed by atoms with Crippen LogP contribution in [0.15, 0.2) is 30.8 Å². The Balaban J connectivity index is 2.72. The molecule has 94 valence electrons. The van der Waals surface area contributed by atoms with Crippen molar-refractivity contribution in [2.45, 2.75) is 38.8 Å². The largest absolute Gasteiger partial charge is 0.455 e. The van der Waals surface area contributed by atoms with Gasteiger partial charge in [-0.2, -0.15) is 0 Å². The number of hydrogen-bond acceptors (Lipinski definition) is 1. The lowest BCUT2D eigenvalue weighted by atomic mass is 10.1. The second-order valence-electron chi connectivity index (χ2n) is 6.10. The average Bonchev–Trinajstić information content (AvgIpc) is 2.14. The normalized spacial score (nSPS) is 12.5. The van der Waals surface area contributed by atoms with Gasteiger partial charge in [0.2, 0.25) is 0 Å². The van der Waals surface area contributed by atoms with E-state index in [1.165, 1.54) is 11.1 Å². The molecule has 0 aliphatic heterocycles.